The summed E-state index contributed by atoms with van der Waals surface area (Å²) in [6.07, 6.45) is 0.813. The molecule has 41 heavy (non-hydrogen) atoms. The summed E-state index contributed by atoms with van der Waals surface area (Å²) in [5.41, 5.74) is 5.71. The van der Waals surface area contributed by atoms with Crippen molar-refractivity contribution >= 4 is 22.7 Å². The number of fused-ring (bicyclic) bond motifs is 1. The number of ether oxygens (including phenoxy) is 1. The van der Waals surface area contributed by atoms with Gasteiger partial charge in [-0.15, -0.1) is 0 Å². The molecule has 4 aromatic rings. The summed E-state index contributed by atoms with van der Waals surface area (Å²) in [5.74, 6) is -0.442. The predicted molar refractivity (Wildman–Crippen MR) is 158 cm³/mol. The number of hydrogen-bond donors (Lipinski definition) is 2. The molecule has 0 radical (unpaired) electrons. The first-order valence-electron chi connectivity index (χ1n) is 13.8. The first-order chi connectivity index (χ1) is 19.8. The fourth-order valence-corrected chi connectivity index (χ4v) is 5.42. The molecule has 2 unspecified atom stereocenters. The first kappa shape index (κ1) is 28.3. The Labute approximate surface area is 240 Å². The summed E-state index contributed by atoms with van der Waals surface area (Å²) in [5, 5.41) is 10.3. The molecule has 0 spiro atoms. The van der Waals surface area contributed by atoms with Crippen LogP contribution in [0.25, 0.3) is 22.2 Å². The molecule has 2 amide bonds. The maximum atomic E-state index is 13.5. The molecule has 212 valence electrons. The third-order valence-corrected chi connectivity index (χ3v) is 7.87. The SMILES string of the molecule is CN(C)CCN(C)C(=O)C1(Cc2ccc(OCc3cc(-c4ccccc4)nc4ccccc34)cc2)CC1C(=O)NO. The Morgan fingerprint density at radius 2 is 1.68 bits per heavy atom. The molecule has 8 heteroatoms. The molecule has 1 heterocycles. The third-order valence-electron chi connectivity index (χ3n) is 7.87. The van der Waals surface area contributed by atoms with E-state index in [2.05, 4.69) is 12.1 Å². The Morgan fingerprint density at radius 1 is 0.976 bits per heavy atom. The third kappa shape index (κ3) is 6.24. The Bertz CT molecular complexity index is 1520. The summed E-state index contributed by atoms with van der Waals surface area (Å²) in [4.78, 5) is 34.3. The van der Waals surface area contributed by atoms with Crippen molar-refractivity contribution in [1.29, 1.82) is 0 Å². The minimum absolute atomic E-state index is 0.0768. The van der Waals surface area contributed by atoms with Gasteiger partial charge in [-0.2, -0.15) is 0 Å². The van der Waals surface area contributed by atoms with Crippen LogP contribution in [-0.4, -0.2) is 66.0 Å². The number of hydroxylamine groups is 1. The monoisotopic (exact) mass is 552 g/mol. The topological polar surface area (TPSA) is 95.0 Å². The van der Waals surface area contributed by atoms with Crippen molar-refractivity contribution < 1.29 is 19.5 Å². The second-order valence-electron chi connectivity index (χ2n) is 11.1. The lowest BCUT2D eigenvalue weighted by Crippen LogP contribution is -2.41. The number of hydrogen-bond acceptors (Lipinski definition) is 6. The summed E-state index contributed by atoms with van der Waals surface area (Å²) in [7, 11) is 5.68. The molecule has 0 saturated heterocycles. The zero-order valence-corrected chi connectivity index (χ0v) is 23.7. The van der Waals surface area contributed by atoms with Crippen molar-refractivity contribution in [3.63, 3.8) is 0 Å². The molecule has 3 aromatic carbocycles. The maximum Gasteiger partial charge on any atom is 0.247 e. The number of nitrogens with one attached hydrogen (secondary N) is 1. The van der Waals surface area contributed by atoms with Crippen LogP contribution in [0, 0.1) is 11.3 Å². The summed E-state index contributed by atoms with van der Waals surface area (Å²) in [6.45, 7) is 1.66. The molecule has 5 rings (SSSR count). The molecular formula is C33H36N4O4. The quantitative estimate of drug-likeness (QED) is 0.209. The Morgan fingerprint density at radius 3 is 2.39 bits per heavy atom. The van der Waals surface area contributed by atoms with E-state index < -0.39 is 17.2 Å². The molecule has 2 N–H and O–H groups in total. The molecule has 0 bridgehead atoms. The molecule has 1 saturated carbocycles. The summed E-state index contributed by atoms with van der Waals surface area (Å²) in [6, 6.07) is 27.9. The van der Waals surface area contributed by atoms with Gasteiger partial charge < -0.3 is 14.5 Å². The summed E-state index contributed by atoms with van der Waals surface area (Å²) < 4.78 is 6.20. The van der Waals surface area contributed by atoms with E-state index in [0.717, 1.165) is 39.8 Å². The highest BCUT2D eigenvalue weighted by atomic mass is 16.5. The largest absolute Gasteiger partial charge is 0.489 e. The normalized spacial score (nSPS) is 17.8. The van der Waals surface area contributed by atoms with E-state index in [-0.39, 0.29) is 5.91 Å². The summed E-state index contributed by atoms with van der Waals surface area (Å²) >= 11 is 0. The number of nitrogens with zero attached hydrogens (tertiary/aromatic N) is 3. The molecule has 1 aromatic heterocycles. The molecule has 1 fully saturated rings. The number of aromatic nitrogens is 1. The minimum Gasteiger partial charge on any atom is -0.489 e. The van der Waals surface area contributed by atoms with Gasteiger partial charge >= 0.3 is 0 Å². The van der Waals surface area contributed by atoms with Gasteiger partial charge in [0.2, 0.25) is 11.8 Å². The lowest BCUT2D eigenvalue weighted by Gasteiger charge is -2.26. The molecule has 1 aliphatic rings. The van der Waals surface area contributed by atoms with E-state index in [4.69, 9.17) is 9.72 Å². The zero-order chi connectivity index (χ0) is 29.0. The number of rotatable bonds is 11. The number of likely N-dealkylation sites (N-methyl/N-ethyl adjacent to an activating group) is 2. The smallest absolute Gasteiger partial charge is 0.247 e. The van der Waals surface area contributed by atoms with Gasteiger partial charge in [0.15, 0.2) is 0 Å². The molecular weight excluding hydrogens is 516 g/mol. The van der Waals surface area contributed by atoms with Gasteiger partial charge in [-0.1, -0.05) is 60.7 Å². The second-order valence-corrected chi connectivity index (χ2v) is 11.1. The average molecular weight is 553 g/mol. The highest BCUT2D eigenvalue weighted by Gasteiger charge is 2.63. The highest BCUT2D eigenvalue weighted by Crippen LogP contribution is 2.56. The Hall–Kier alpha value is -4.27. The van der Waals surface area contributed by atoms with Crippen LogP contribution < -0.4 is 10.2 Å². The second kappa shape index (κ2) is 12.1. The number of amides is 2. The van der Waals surface area contributed by atoms with Crippen molar-refractivity contribution in [1.82, 2.24) is 20.3 Å². The molecule has 0 aliphatic heterocycles. The number of benzene rings is 3. The van der Waals surface area contributed by atoms with Gasteiger partial charge in [0, 0.05) is 36.7 Å². The van der Waals surface area contributed by atoms with Gasteiger partial charge in [-0.25, -0.2) is 10.5 Å². The fraction of sp³-hybridized carbons (Fsp3) is 0.303. The van der Waals surface area contributed by atoms with E-state index >= 15 is 0 Å². The van der Waals surface area contributed by atoms with Crippen LogP contribution in [0.15, 0.2) is 84.9 Å². The van der Waals surface area contributed by atoms with Crippen molar-refractivity contribution in [2.75, 3.05) is 34.2 Å². The predicted octanol–water partition coefficient (Wildman–Crippen LogP) is 4.56. The van der Waals surface area contributed by atoms with E-state index in [1.165, 1.54) is 0 Å². The van der Waals surface area contributed by atoms with Crippen LogP contribution in [0.4, 0.5) is 0 Å². The Kier molecular flexibility index (Phi) is 8.33. The van der Waals surface area contributed by atoms with Crippen molar-refractivity contribution in [2.45, 2.75) is 19.4 Å². The van der Waals surface area contributed by atoms with Gasteiger partial charge in [0.05, 0.1) is 22.5 Å². The first-order valence-corrected chi connectivity index (χ1v) is 13.8. The van der Waals surface area contributed by atoms with Crippen LogP contribution >= 0.6 is 0 Å². The minimum atomic E-state index is -0.861. The lowest BCUT2D eigenvalue weighted by molar-refractivity contribution is -0.140. The molecule has 2 atom stereocenters. The van der Waals surface area contributed by atoms with Gasteiger partial charge in [-0.3, -0.25) is 14.8 Å². The van der Waals surface area contributed by atoms with Gasteiger partial charge in [0.1, 0.15) is 12.4 Å². The maximum absolute atomic E-state index is 13.5. The van der Waals surface area contributed by atoms with Gasteiger partial charge in [0.25, 0.3) is 0 Å². The van der Waals surface area contributed by atoms with Crippen LogP contribution in [0.2, 0.25) is 0 Å². The van der Waals surface area contributed by atoms with E-state index in [0.29, 0.717) is 31.7 Å². The number of para-hydroxylation sites is 1. The molecule has 1 aliphatic carbocycles. The number of pyridine rings is 1. The van der Waals surface area contributed by atoms with Crippen LogP contribution in [-0.2, 0) is 22.6 Å². The lowest BCUT2D eigenvalue weighted by atomic mass is 9.92. The van der Waals surface area contributed by atoms with Crippen molar-refractivity contribution in [3.05, 3.63) is 96.1 Å². The van der Waals surface area contributed by atoms with Crippen LogP contribution in [0.5, 0.6) is 5.75 Å². The average Bonchev–Trinajstić information content (AvgIpc) is 3.73. The molecule has 8 nitrogen and oxygen atoms in total. The number of carbonyl (C=O) groups excluding carboxylic acids is 2. The van der Waals surface area contributed by atoms with E-state index in [1.54, 1.807) is 17.4 Å². The van der Waals surface area contributed by atoms with Crippen molar-refractivity contribution in [3.8, 4) is 17.0 Å². The number of carbonyl (C=O) groups is 2. The van der Waals surface area contributed by atoms with Gasteiger partial charge in [-0.05, 0) is 56.8 Å². The van der Waals surface area contributed by atoms with E-state index in [9.17, 15) is 14.8 Å². The van der Waals surface area contributed by atoms with Crippen LogP contribution in [0.3, 0.4) is 0 Å². The van der Waals surface area contributed by atoms with Crippen LogP contribution in [0.1, 0.15) is 17.5 Å². The fourth-order valence-electron chi connectivity index (χ4n) is 5.42. The standard InChI is InChI=1S/C33H36N4O4/c1-36(2)17-18-37(3)32(39)33(21-28(33)31(38)35-40)20-23-13-15-26(16-14-23)41-22-25-19-30(24-9-5-4-6-10-24)34-29-12-8-7-11-27(25)29/h4-16,19,28,40H,17-18,20-22H2,1-3H3,(H,35,38). The highest BCUT2D eigenvalue weighted by molar-refractivity contribution is 5.95. The van der Waals surface area contributed by atoms with Crippen molar-refractivity contribution in [2.24, 2.45) is 11.3 Å². The van der Waals surface area contributed by atoms with E-state index in [1.807, 2.05) is 91.8 Å². The zero-order valence-electron chi connectivity index (χ0n) is 23.7. The Balaban J connectivity index is 1.31.